The largest absolute Gasteiger partial charge is 0.298 e. The van der Waals surface area contributed by atoms with Crippen LogP contribution in [0.15, 0.2) is 0 Å². The second-order valence-electron chi connectivity index (χ2n) is 4.33. The van der Waals surface area contributed by atoms with Crippen molar-refractivity contribution >= 4 is 52.2 Å². The lowest BCUT2D eigenvalue weighted by Gasteiger charge is -2.60. The number of halogens is 4. The Morgan fingerprint density at radius 2 is 1.86 bits per heavy atom. The van der Waals surface area contributed by atoms with Gasteiger partial charge in [-0.1, -0.05) is 41.2 Å². The van der Waals surface area contributed by atoms with E-state index in [1.165, 1.54) is 0 Å². The van der Waals surface area contributed by atoms with E-state index in [0.717, 1.165) is 19.3 Å². The number of carbonyl (C=O) groups is 1. The van der Waals surface area contributed by atoms with Crippen molar-refractivity contribution in [1.82, 2.24) is 0 Å². The molecule has 0 aromatic carbocycles. The molecule has 2 aliphatic carbocycles. The zero-order valence-electron chi connectivity index (χ0n) is 7.46. The summed E-state index contributed by atoms with van der Waals surface area (Å²) in [5, 5.41) is 0. The molecule has 2 saturated carbocycles. The standard InChI is InChI=1S/C9H10Cl4O/c10-8(5-9(11,12)13)6(14)4-7(8)2-1-3-7/h1-5H2. The second kappa shape index (κ2) is 3.16. The third-order valence-corrected chi connectivity index (χ3v) is 4.68. The van der Waals surface area contributed by atoms with Crippen molar-refractivity contribution in [1.29, 1.82) is 0 Å². The van der Waals surface area contributed by atoms with Gasteiger partial charge in [-0.25, -0.2) is 0 Å². The van der Waals surface area contributed by atoms with Crippen LogP contribution < -0.4 is 0 Å². The predicted molar refractivity (Wildman–Crippen MR) is 59.4 cm³/mol. The third-order valence-electron chi connectivity index (χ3n) is 3.54. The summed E-state index contributed by atoms with van der Waals surface area (Å²) in [5.74, 6) is 0.0326. The molecule has 1 spiro atoms. The summed E-state index contributed by atoms with van der Waals surface area (Å²) in [6.07, 6.45) is 3.80. The summed E-state index contributed by atoms with van der Waals surface area (Å²) in [5.41, 5.74) is -0.0600. The van der Waals surface area contributed by atoms with Crippen molar-refractivity contribution in [3.05, 3.63) is 0 Å². The molecule has 2 rings (SSSR count). The van der Waals surface area contributed by atoms with E-state index in [-0.39, 0.29) is 17.6 Å². The monoisotopic (exact) mass is 274 g/mol. The van der Waals surface area contributed by atoms with Crippen LogP contribution in [-0.2, 0) is 4.79 Å². The Bertz CT molecular complexity index is 279. The normalized spacial score (nSPS) is 35.3. The molecule has 0 heterocycles. The van der Waals surface area contributed by atoms with E-state index in [1.54, 1.807) is 0 Å². The first-order chi connectivity index (χ1) is 6.29. The summed E-state index contributed by atoms with van der Waals surface area (Å²) in [6, 6.07) is 0. The Hall–Kier alpha value is 0.830. The molecule has 0 radical (unpaired) electrons. The third kappa shape index (κ3) is 1.48. The van der Waals surface area contributed by atoms with Crippen molar-refractivity contribution in [2.24, 2.45) is 5.41 Å². The van der Waals surface area contributed by atoms with Gasteiger partial charge in [0.25, 0.3) is 0 Å². The van der Waals surface area contributed by atoms with E-state index in [4.69, 9.17) is 46.4 Å². The number of Topliss-reactive ketones (excluding diaryl/α,β-unsaturated/α-hetero) is 1. The minimum atomic E-state index is -1.43. The van der Waals surface area contributed by atoms with E-state index in [0.29, 0.717) is 6.42 Å². The Labute approximate surface area is 103 Å². The van der Waals surface area contributed by atoms with Gasteiger partial charge in [0.1, 0.15) is 4.87 Å². The van der Waals surface area contributed by atoms with Crippen molar-refractivity contribution < 1.29 is 4.79 Å². The van der Waals surface area contributed by atoms with Crippen molar-refractivity contribution in [3.63, 3.8) is 0 Å². The first kappa shape index (κ1) is 11.3. The fourth-order valence-corrected chi connectivity index (χ4v) is 3.85. The molecule has 0 aliphatic heterocycles. The van der Waals surface area contributed by atoms with Crippen LogP contribution in [0.4, 0.5) is 0 Å². The molecule has 0 aromatic rings. The van der Waals surface area contributed by atoms with Crippen molar-refractivity contribution in [3.8, 4) is 0 Å². The summed E-state index contributed by atoms with van der Waals surface area (Å²) in [7, 11) is 0. The molecule has 2 fully saturated rings. The van der Waals surface area contributed by atoms with Gasteiger partial charge < -0.3 is 0 Å². The smallest absolute Gasteiger partial charge is 0.192 e. The van der Waals surface area contributed by atoms with Crippen LogP contribution in [0.2, 0.25) is 0 Å². The van der Waals surface area contributed by atoms with Crippen molar-refractivity contribution in [2.45, 2.75) is 40.8 Å². The number of carbonyl (C=O) groups excluding carboxylic acids is 1. The first-order valence-corrected chi connectivity index (χ1v) is 6.09. The van der Waals surface area contributed by atoms with Crippen LogP contribution in [0.1, 0.15) is 32.1 Å². The summed E-state index contributed by atoms with van der Waals surface area (Å²) in [4.78, 5) is 10.6. The van der Waals surface area contributed by atoms with Gasteiger partial charge in [-0.05, 0) is 12.8 Å². The number of hydrogen-bond donors (Lipinski definition) is 0. The van der Waals surface area contributed by atoms with Gasteiger partial charge in [-0.3, -0.25) is 4.79 Å². The fraction of sp³-hybridized carbons (Fsp3) is 0.889. The van der Waals surface area contributed by atoms with Crippen LogP contribution in [0.25, 0.3) is 0 Å². The lowest BCUT2D eigenvalue weighted by molar-refractivity contribution is -0.147. The average molecular weight is 276 g/mol. The van der Waals surface area contributed by atoms with Crippen LogP contribution in [-0.4, -0.2) is 14.4 Å². The molecule has 0 bridgehead atoms. The lowest BCUT2D eigenvalue weighted by Crippen LogP contribution is -2.65. The highest BCUT2D eigenvalue weighted by molar-refractivity contribution is 6.68. The maximum Gasteiger partial charge on any atom is 0.192 e. The second-order valence-corrected chi connectivity index (χ2v) is 7.49. The zero-order chi connectivity index (χ0) is 10.6. The van der Waals surface area contributed by atoms with E-state index in [1.807, 2.05) is 0 Å². The summed E-state index contributed by atoms with van der Waals surface area (Å²) < 4.78 is -1.43. The van der Waals surface area contributed by atoms with Crippen LogP contribution in [0, 0.1) is 5.41 Å². The Balaban J connectivity index is 2.17. The number of ketones is 1. The molecule has 0 amide bonds. The zero-order valence-corrected chi connectivity index (χ0v) is 10.5. The highest BCUT2D eigenvalue weighted by Crippen LogP contribution is 2.66. The van der Waals surface area contributed by atoms with Gasteiger partial charge >= 0.3 is 0 Å². The molecular weight excluding hydrogens is 266 g/mol. The molecule has 80 valence electrons. The minimum absolute atomic E-state index is 0.0326. The Kier molecular flexibility index (Phi) is 2.56. The minimum Gasteiger partial charge on any atom is -0.298 e. The number of rotatable bonds is 1. The molecule has 5 heteroatoms. The van der Waals surface area contributed by atoms with E-state index < -0.39 is 8.67 Å². The summed E-state index contributed by atoms with van der Waals surface area (Å²) >= 11 is 23.4. The SMILES string of the molecule is O=C1CC2(CCC2)C1(Cl)CC(Cl)(Cl)Cl. The van der Waals surface area contributed by atoms with Gasteiger partial charge in [0.05, 0.1) is 0 Å². The van der Waals surface area contributed by atoms with Crippen molar-refractivity contribution in [2.75, 3.05) is 0 Å². The van der Waals surface area contributed by atoms with E-state index >= 15 is 0 Å². The molecule has 14 heavy (non-hydrogen) atoms. The van der Waals surface area contributed by atoms with E-state index in [9.17, 15) is 4.79 Å². The Morgan fingerprint density at radius 3 is 2.14 bits per heavy atom. The maximum absolute atomic E-state index is 11.5. The molecule has 0 N–H and O–H groups in total. The fourth-order valence-electron chi connectivity index (χ4n) is 2.52. The highest BCUT2D eigenvalue weighted by Gasteiger charge is 2.68. The van der Waals surface area contributed by atoms with Gasteiger partial charge in [-0.15, -0.1) is 11.6 Å². The van der Waals surface area contributed by atoms with Gasteiger partial charge in [0.15, 0.2) is 9.58 Å². The van der Waals surface area contributed by atoms with Gasteiger partial charge in [0.2, 0.25) is 0 Å². The van der Waals surface area contributed by atoms with Crippen LogP contribution >= 0.6 is 46.4 Å². The molecular formula is C9H10Cl4O. The lowest BCUT2D eigenvalue weighted by atomic mass is 9.48. The molecule has 2 aliphatic rings. The van der Waals surface area contributed by atoms with E-state index in [2.05, 4.69) is 0 Å². The maximum atomic E-state index is 11.5. The van der Waals surface area contributed by atoms with Gasteiger partial charge in [-0.2, -0.15) is 0 Å². The van der Waals surface area contributed by atoms with Crippen LogP contribution in [0.5, 0.6) is 0 Å². The Morgan fingerprint density at radius 1 is 1.29 bits per heavy atom. The number of hydrogen-bond acceptors (Lipinski definition) is 1. The van der Waals surface area contributed by atoms with Gasteiger partial charge in [0, 0.05) is 18.3 Å². The first-order valence-electron chi connectivity index (χ1n) is 4.58. The summed E-state index contributed by atoms with van der Waals surface area (Å²) in [6.45, 7) is 0. The average Bonchev–Trinajstić information content (AvgIpc) is 1.92. The number of alkyl halides is 4. The molecule has 1 atom stereocenters. The highest BCUT2D eigenvalue weighted by atomic mass is 35.6. The predicted octanol–water partition coefficient (Wildman–Crippen LogP) is 3.87. The van der Waals surface area contributed by atoms with Crippen LogP contribution in [0.3, 0.4) is 0 Å². The molecule has 0 aromatic heterocycles. The molecule has 1 unspecified atom stereocenters. The topological polar surface area (TPSA) is 17.1 Å². The quantitative estimate of drug-likeness (QED) is 0.664. The molecule has 1 nitrogen and oxygen atoms in total. The molecule has 0 saturated heterocycles.